The SMILES string of the molecule is C[C@H](Sc1nc2ccccc2c(=O)n1Cc1ccccc1)C(=O)Nc1ccc(S(=O)(=O)N2CCOCC2)cc1. The fraction of sp³-hybridized carbons (Fsp3) is 0.250. The third-order valence-electron chi connectivity index (χ3n) is 6.39. The predicted octanol–water partition coefficient (Wildman–Crippen LogP) is 3.59. The van der Waals surface area contributed by atoms with Gasteiger partial charge in [-0.25, -0.2) is 13.4 Å². The summed E-state index contributed by atoms with van der Waals surface area (Å²) in [6.45, 7) is 3.43. The van der Waals surface area contributed by atoms with Crippen LogP contribution < -0.4 is 10.9 Å². The lowest BCUT2D eigenvalue weighted by atomic mass is 10.2. The zero-order valence-electron chi connectivity index (χ0n) is 21.3. The fourth-order valence-corrected chi connectivity index (χ4v) is 6.56. The number of thioether (sulfide) groups is 1. The van der Waals surface area contributed by atoms with Crippen molar-refractivity contribution >= 4 is 44.3 Å². The number of anilines is 1. The van der Waals surface area contributed by atoms with Gasteiger partial charge in [0, 0.05) is 18.8 Å². The van der Waals surface area contributed by atoms with Crippen LogP contribution in [-0.2, 0) is 26.1 Å². The van der Waals surface area contributed by atoms with Crippen molar-refractivity contribution in [2.45, 2.75) is 28.8 Å². The van der Waals surface area contributed by atoms with Crippen LogP contribution in [0.4, 0.5) is 5.69 Å². The summed E-state index contributed by atoms with van der Waals surface area (Å²) >= 11 is 1.20. The molecular formula is C28H28N4O5S2. The minimum atomic E-state index is -3.62. The Morgan fingerprint density at radius 3 is 2.38 bits per heavy atom. The smallest absolute Gasteiger partial charge is 0.262 e. The Kier molecular flexibility index (Phi) is 8.12. The Bertz CT molecular complexity index is 1630. The van der Waals surface area contributed by atoms with E-state index in [1.54, 1.807) is 41.8 Å². The summed E-state index contributed by atoms with van der Waals surface area (Å²) in [7, 11) is -3.62. The molecule has 11 heteroatoms. The maximum absolute atomic E-state index is 13.4. The van der Waals surface area contributed by atoms with E-state index in [0.29, 0.717) is 54.6 Å². The molecule has 3 aromatic carbocycles. The van der Waals surface area contributed by atoms with Crippen LogP contribution in [0, 0.1) is 0 Å². The molecule has 0 saturated carbocycles. The number of rotatable bonds is 8. The average Bonchev–Trinajstić information content (AvgIpc) is 2.96. The number of sulfonamides is 1. The van der Waals surface area contributed by atoms with Crippen molar-refractivity contribution in [3.63, 3.8) is 0 Å². The van der Waals surface area contributed by atoms with Crippen LogP contribution in [0.5, 0.6) is 0 Å². The van der Waals surface area contributed by atoms with E-state index < -0.39 is 15.3 Å². The zero-order valence-corrected chi connectivity index (χ0v) is 23.0. The molecule has 202 valence electrons. The molecule has 39 heavy (non-hydrogen) atoms. The summed E-state index contributed by atoms with van der Waals surface area (Å²) in [5.41, 5.74) is 1.82. The number of morpholine rings is 1. The minimum absolute atomic E-state index is 0.162. The molecule has 9 nitrogen and oxygen atoms in total. The van der Waals surface area contributed by atoms with Gasteiger partial charge >= 0.3 is 0 Å². The van der Waals surface area contributed by atoms with E-state index in [1.165, 1.54) is 28.2 Å². The number of carbonyl (C=O) groups is 1. The molecule has 0 aliphatic carbocycles. The number of amides is 1. The van der Waals surface area contributed by atoms with Crippen molar-refractivity contribution in [1.82, 2.24) is 13.9 Å². The van der Waals surface area contributed by atoms with E-state index in [1.807, 2.05) is 36.4 Å². The van der Waals surface area contributed by atoms with E-state index in [2.05, 4.69) is 5.32 Å². The molecule has 1 saturated heterocycles. The molecule has 0 radical (unpaired) electrons. The summed E-state index contributed by atoms with van der Waals surface area (Å²) in [4.78, 5) is 31.3. The lowest BCUT2D eigenvalue weighted by molar-refractivity contribution is -0.115. The fourth-order valence-electron chi connectivity index (χ4n) is 4.24. The second kappa shape index (κ2) is 11.7. The van der Waals surface area contributed by atoms with Gasteiger partial charge < -0.3 is 10.1 Å². The number of hydrogen-bond acceptors (Lipinski definition) is 7. The first-order chi connectivity index (χ1) is 18.8. The number of fused-ring (bicyclic) bond motifs is 1. The van der Waals surface area contributed by atoms with Gasteiger partial charge in [0.1, 0.15) is 0 Å². The van der Waals surface area contributed by atoms with E-state index in [-0.39, 0.29) is 16.4 Å². The Morgan fingerprint density at radius 2 is 1.67 bits per heavy atom. The maximum Gasteiger partial charge on any atom is 0.262 e. The van der Waals surface area contributed by atoms with Crippen molar-refractivity contribution in [1.29, 1.82) is 0 Å². The summed E-state index contributed by atoms with van der Waals surface area (Å²) in [5, 5.41) is 3.21. The molecule has 4 aromatic rings. The quantitative estimate of drug-likeness (QED) is 0.257. The summed E-state index contributed by atoms with van der Waals surface area (Å²) < 4.78 is 34.0. The van der Waals surface area contributed by atoms with Gasteiger partial charge in [-0.3, -0.25) is 14.2 Å². The highest BCUT2D eigenvalue weighted by Crippen LogP contribution is 2.25. The largest absolute Gasteiger partial charge is 0.379 e. The standard InChI is InChI=1S/C28H28N4O5S2/c1-20(26(33)29-22-11-13-23(14-12-22)39(35,36)31-15-17-37-18-16-31)38-28-30-25-10-6-5-9-24(25)27(34)32(28)19-21-7-3-2-4-8-21/h2-14,20H,15-19H2,1H3,(H,29,33)/t20-/m0/s1. The van der Waals surface area contributed by atoms with Gasteiger partial charge in [-0.15, -0.1) is 0 Å². The molecule has 1 atom stereocenters. The van der Waals surface area contributed by atoms with Crippen LogP contribution >= 0.6 is 11.8 Å². The average molecular weight is 565 g/mol. The lowest BCUT2D eigenvalue weighted by Crippen LogP contribution is -2.40. The van der Waals surface area contributed by atoms with Crippen LogP contribution in [0.1, 0.15) is 12.5 Å². The third-order valence-corrected chi connectivity index (χ3v) is 9.39. The Labute approximate surface area is 230 Å². The molecule has 1 N–H and O–H groups in total. The summed E-state index contributed by atoms with van der Waals surface area (Å²) in [5.74, 6) is -0.294. The predicted molar refractivity (Wildman–Crippen MR) is 152 cm³/mol. The van der Waals surface area contributed by atoms with E-state index in [4.69, 9.17) is 9.72 Å². The van der Waals surface area contributed by atoms with Crippen LogP contribution in [-0.4, -0.2) is 59.7 Å². The molecule has 1 amide bonds. The highest BCUT2D eigenvalue weighted by atomic mass is 32.2. The Balaban J connectivity index is 1.33. The number of nitrogens with one attached hydrogen (secondary N) is 1. The van der Waals surface area contributed by atoms with Crippen LogP contribution in [0.2, 0.25) is 0 Å². The molecule has 0 unspecified atom stereocenters. The first-order valence-electron chi connectivity index (χ1n) is 12.5. The first-order valence-corrected chi connectivity index (χ1v) is 14.8. The van der Waals surface area contributed by atoms with E-state index in [0.717, 1.165) is 5.56 Å². The van der Waals surface area contributed by atoms with Gasteiger partial charge in [0.2, 0.25) is 15.9 Å². The van der Waals surface area contributed by atoms with Gasteiger partial charge in [-0.1, -0.05) is 54.2 Å². The molecule has 1 aliphatic rings. The van der Waals surface area contributed by atoms with Crippen LogP contribution in [0.15, 0.2) is 93.7 Å². The number of para-hydroxylation sites is 1. The van der Waals surface area contributed by atoms with Crippen molar-refractivity contribution in [3.8, 4) is 0 Å². The van der Waals surface area contributed by atoms with Crippen LogP contribution in [0.25, 0.3) is 10.9 Å². The van der Waals surface area contributed by atoms with Crippen molar-refractivity contribution in [3.05, 3.63) is 94.8 Å². The highest BCUT2D eigenvalue weighted by molar-refractivity contribution is 8.00. The van der Waals surface area contributed by atoms with Crippen LogP contribution in [0.3, 0.4) is 0 Å². The topological polar surface area (TPSA) is 111 Å². The van der Waals surface area contributed by atoms with Crippen molar-refractivity contribution in [2.75, 3.05) is 31.6 Å². The molecule has 0 bridgehead atoms. The lowest BCUT2D eigenvalue weighted by Gasteiger charge is -2.26. The minimum Gasteiger partial charge on any atom is -0.379 e. The second-order valence-corrected chi connectivity index (χ2v) is 12.3. The molecule has 1 aliphatic heterocycles. The molecule has 0 spiro atoms. The number of carbonyl (C=O) groups excluding carboxylic acids is 1. The van der Waals surface area contributed by atoms with E-state index >= 15 is 0 Å². The van der Waals surface area contributed by atoms with Gasteiger partial charge in [0.25, 0.3) is 5.56 Å². The zero-order chi connectivity index (χ0) is 27.4. The van der Waals surface area contributed by atoms with Gasteiger partial charge in [0.05, 0.1) is 40.8 Å². The number of aromatic nitrogens is 2. The molecule has 1 aromatic heterocycles. The normalized spacial score (nSPS) is 15.2. The summed E-state index contributed by atoms with van der Waals surface area (Å²) in [6, 6.07) is 22.9. The Hall–Kier alpha value is -3.51. The second-order valence-electron chi connectivity index (χ2n) is 9.08. The first kappa shape index (κ1) is 27.1. The van der Waals surface area contributed by atoms with Gasteiger partial charge in [-0.2, -0.15) is 4.31 Å². The maximum atomic E-state index is 13.4. The number of benzene rings is 3. The summed E-state index contributed by atoms with van der Waals surface area (Å²) in [6.07, 6.45) is 0. The van der Waals surface area contributed by atoms with E-state index in [9.17, 15) is 18.0 Å². The molecule has 1 fully saturated rings. The van der Waals surface area contributed by atoms with Gasteiger partial charge in [-0.05, 0) is 48.9 Å². The number of ether oxygens (including phenoxy) is 1. The number of hydrogen-bond donors (Lipinski definition) is 1. The van der Waals surface area contributed by atoms with Gasteiger partial charge in [0.15, 0.2) is 5.16 Å². The molecular weight excluding hydrogens is 536 g/mol. The Morgan fingerprint density at radius 1 is 1.00 bits per heavy atom. The van der Waals surface area contributed by atoms with Crippen molar-refractivity contribution < 1.29 is 17.9 Å². The number of nitrogens with zero attached hydrogens (tertiary/aromatic N) is 3. The third kappa shape index (κ3) is 6.06. The molecule has 5 rings (SSSR count). The monoisotopic (exact) mass is 564 g/mol. The van der Waals surface area contributed by atoms with Crippen molar-refractivity contribution in [2.24, 2.45) is 0 Å². The highest BCUT2D eigenvalue weighted by Gasteiger charge is 2.26. The molecule has 2 heterocycles.